The van der Waals surface area contributed by atoms with Gasteiger partial charge in [-0.2, -0.15) is 0 Å². The number of rotatable bonds is 6. The average molecular weight is 488 g/mol. The summed E-state index contributed by atoms with van der Waals surface area (Å²) in [5.74, 6) is 1.39. The molecule has 0 radical (unpaired) electrons. The number of aromatic nitrogens is 1. The van der Waals surface area contributed by atoms with E-state index in [-0.39, 0.29) is 24.0 Å². The van der Waals surface area contributed by atoms with E-state index in [9.17, 15) is 0 Å². The molecule has 0 spiro atoms. The Morgan fingerprint density at radius 1 is 1.29 bits per heavy atom. The molecule has 0 bridgehead atoms. The van der Waals surface area contributed by atoms with Crippen molar-refractivity contribution in [3.05, 3.63) is 21.9 Å². The Morgan fingerprint density at radius 3 is 2.50 bits per heavy atom. The molecule has 1 atom stereocenters. The van der Waals surface area contributed by atoms with Crippen molar-refractivity contribution in [2.75, 3.05) is 33.2 Å². The first-order valence-corrected chi connectivity index (χ1v) is 8.93. The topological polar surface area (TPSA) is 44.6 Å². The van der Waals surface area contributed by atoms with Crippen LogP contribution in [-0.2, 0) is 13.6 Å². The molecule has 1 aromatic rings. The van der Waals surface area contributed by atoms with E-state index < -0.39 is 0 Å². The predicted molar refractivity (Wildman–Crippen MR) is 114 cm³/mol. The summed E-state index contributed by atoms with van der Waals surface area (Å²) in [5.41, 5.74) is 1.02. The van der Waals surface area contributed by atoms with Gasteiger partial charge in [0.05, 0.1) is 11.6 Å². The van der Waals surface area contributed by atoms with Gasteiger partial charge in [0.1, 0.15) is 5.15 Å². The van der Waals surface area contributed by atoms with E-state index in [1.165, 1.54) is 25.9 Å². The Bertz CT molecular complexity index is 541. The Labute approximate surface area is 172 Å². The molecular formula is C16H28Cl2IN5. The lowest BCUT2D eigenvalue weighted by atomic mass is 10.1. The molecule has 1 aliphatic rings. The number of nitrogens with one attached hydrogen (secondary N) is 2. The van der Waals surface area contributed by atoms with Crippen LogP contribution in [0, 0.1) is 5.92 Å². The maximum Gasteiger partial charge on any atom is 0.191 e. The van der Waals surface area contributed by atoms with E-state index >= 15 is 0 Å². The second kappa shape index (κ2) is 10.7. The van der Waals surface area contributed by atoms with Crippen LogP contribution >= 0.6 is 47.2 Å². The molecule has 1 aromatic heterocycles. The van der Waals surface area contributed by atoms with Gasteiger partial charge in [-0.05, 0) is 37.9 Å². The van der Waals surface area contributed by atoms with Crippen LogP contribution in [0.4, 0.5) is 0 Å². The molecule has 2 rings (SSSR count). The SMILES string of the molecule is CN=C(NCc1cc(Cl)c(Cl)n1C)NCC(C)CN1CCCC1.I. The molecule has 0 amide bonds. The van der Waals surface area contributed by atoms with E-state index in [1.54, 1.807) is 7.05 Å². The highest BCUT2D eigenvalue weighted by Gasteiger charge is 2.15. The highest BCUT2D eigenvalue weighted by atomic mass is 127. The molecule has 0 aromatic carbocycles. The molecular weight excluding hydrogens is 460 g/mol. The lowest BCUT2D eigenvalue weighted by molar-refractivity contribution is 0.287. The molecule has 1 aliphatic heterocycles. The second-order valence-electron chi connectivity index (χ2n) is 6.25. The fraction of sp³-hybridized carbons (Fsp3) is 0.688. The van der Waals surface area contributed by atoms with Crippen molar-refractivity contribution in [1.82, 2.24) is 20.1 Å². The number of hydrogen-bond donors (Lipinski definition) is 2. The molecule has 24 heavy (non-hydrogen) atoms. The molecule has 2 heterocycles. The zero-order valence-electron chi connectivity index (χ0n) is 14.6. The molecule has 8 heteroatoms. The van der Waals surface area contributed by atoms with Crippen molar-refractivity contribution < 1.29 is 0 Å². The highest BCUT2D eigenvalue weighted by molar-refractivity contribution is 14.0. The summed E-state index contributed by atoms with van der Waals surface area (Å²) in [5, 5.41) is 7.83. The first kappa shape index (κ1) is 21.9. The van der Waals surface area contributed by atoms with Crippen molar-refractivity contribution in [3.63, 3.8) is 0 Å². The fourth-order valence-electron chi connectivity index (χ4n) is 2.89. The van der Waals surface area contributed by atoms with Gasteiger partial charge in [0, 0.05) is 32.9 Å². The van der Waals surface area contributed by atoms with Gasteiger partial charge in [0.15, 0.2) is 5.96 Å². The minimum absolute atomic E-state index is 0. The van der Waals surface area contributed by atoms with Crippen LogP contribution in [0.15, 0.2) is 11.1 Å². The monoisotopic (exact) mass is 487 g/mol. The van der Waals surface area contributed by atoms with Gasteiger partial charge in [-0.25, -0.2) is 0 Å². The van der Waals surface area contributed by atoms with Gasteiger partial charge >= 0.3 is 0 Å². The molecule has 1 fully saturated rings. The van der Waals surface area contributed by atoms with Crippen LogP contribution in [0.3, 0.4) is 0 Å². The highest BCUT2D eigenvalue weighted by Crippen LogP contribution is 2.24. The third-order valence-corrected chi connectivity index (χ3v) is 5.10. The number of likely N-dealkylation sites (tertiary alicyclic amines) is 1. The Balaban J connectivity index is 0.00000288. The predicted octanol–water partition coefficient (Wildman–Crippen LogP) is 3.35. The van der Waals surface area contributed by atoms with Crippen molar-refractivity contribution >= 4 is 53.1 Å². The van der Waals surface area contributed by atoms with Gasteiger partial charge in [-0.1, -0.05) is 30.1 Å². The van der Waals surface area contributed by atoms with Crippen LogP contribution in [0.2, 0.25) is 10.2 Å². The van der Waals surface area contributed by atoms with Crippen LogP contribution < -0.4 is 10.6 Å². The van der Waals surface area contributed by atoms with Crippen LogP contribution in [0.1, 0.15) is 25.5 Å². The summed E-state index contributed by atoms with van der Waals surface area (Å²) in [7, 11) is 3.69. The number of aliphatic imine (C=N–C) groups is 1. The fourth-order valence-corrected chi connectivity index (χ4v) is 3.31. The minimum Gasteiger partial charge on any atom is -0.356 e. The Hall–Kier alpha value is -0.180. The second-order valence-corrected chi connectivity index (χ2v) is 7.02. The van der Waals surface area contributed by atoms with E-state index in [0.717, 1.165) is 24.7 Å². The summed E-state index contributed by atoms with van der Waals surface area (Å²) in [6.45, 7) is 7.44. The number of hydrogen-bond acceptors (Lipinski definition) is 2. The van der Waals surface area contributed by atoms with E-state index in [4.69, 9.17) is 23.2 Å². The normalized spacial score (nSPS) is 16.8. The molecule has 5 nitrogen and oxygen atoms in total. The van der Waals surface area contributed by atoms with Gasteiger partial charge in [0.25, 0.3) is 0 Å². The maximum absolute atomic E-state index is 6.08. The zero-order valence-corrected chi connectivity index (χ0v) is 18.5. The summed E-state index contributed by atoms with van der Waals surface area (Å²) >= 11 is 12.1. The first-order chi connectivity index (χ1) is 11.0. The third kappa shape index (κ3) is 6.28. The van der Waals surface area contributed by atoms with Crippen LogP contribution in [0.25, 0.3) is 0 Å². The van der Waals surface area contributed by atoms with Gasteiger partial charge in [-0.3, -0.25) is 4.99 Å². The van der Waals surface area contributed by atoms with Gasteiger partial charge in [0.2, 0.25) is 0 Å². The zero-order chi connectivity index (χ0) is 16.8. The van der Waals surface area contributed by atoms with Crippen LogP contribution in [0.5, 0.6) is 0 Å². The van der Waals surface area contributed by atoms with Crippen LogP contribution in [-0.4, -0.2) is 48.7 Å². The quantitative estimate of drug-likeness (QED) is 0.367. The summed E-state index contributed by atoms with van der Waals surface area (Å²) in [6.07, 6.45) is 2.68. The molecule has 0 aliphatic carbocycles. The Kier molecular flexibility index (Phi) is 9.77. The number of halogens is 3. The standard InChI is InChI=1S/C16H27Cl2N5.HI/c1-12(11-23-6-4-5-7-23)9-20-16(19-2)21-10-13-8-14(17)15(18)22(13)3;/h8,12H,4-7,9-11H2,1-3H3,(H2,19,20,21);1H. The maximum atomic E-state index is 6.08. The van der Waals surface area contributed by atoms with Gasteiger partial charge < -0.3 is 20.1 Å². The van der Waals surface area contributed by atoms with E-state index in [2.05, 4.69) is 27.4 Å². The van der Waals surface area contributed by atoms with Crippen molar-refractivity contribution in [1.29, 1.82) is 0 Å². The van der Waals surface area contributed by atoms with Gasteiger partial charge in [-0.15, -0.1) is 24.0 Å². The lowest BCUT2D eigenvalue weighted by Crippen LogP contribution is -2.41. The van der Waals surface area contributed by atoms with Crippen molar-refractivity contribution in [2.45, 2.75) is 26.3 Å². The van der Waals surface area contributed by atoms with E-state index in [1.807, 2.05) is 17.7 Å². The summed E-state index contributed by atoms with van der Waals surface area (Å²) in [6, 6.07) is 1.88. The molecule has 1 unspecified atom stereocenters. The average Bonchev–Trinajstić information content (AvgIpc) is 3.12. The lowest BCUT2D eigenvalue weighted by Gasteiger charge is -2.21. The van der Waals surface area contributed by atoms with Crippen molar-refractivity contribution in [3.8, 4) is 0 Å². The first-order valence-electron chi connectivity index (χ1n) is 8.17. The molecule has 1 saturated heterocycles. The third-order valence-electron chi connectivity index (χ3n) is 4.26. The largest absolute Gasteiger partial charge is 0.356 e. The van der Waals surface area contributed by atoms with Crippen molar-refractivity contribution in [2.24, 2.45) is 18.0 Å². The Morgan fingerprint density at radius 2 is 1.96 bits per heavy atom. The minimum atomic E-state index is 0. The molecule has 2 N–H and O–H groups in total. The number of nitrogens with zero attached hydrogens (tertiary/aromatic N) is 3. The summed E-state index contributed by atoms with van der Waals surface area (Å²) in [4.78, 5) is 6.81. The number of guanidine groups is 1. The van der Waals surface area contributed by atoms with E-state index in [0.29, 0.717) is 22.6 Å². The summed E-state index contributed by atoms with van der Waals surface area (Å²) < 4.78 is 1.88. The molecule has 138 valence electrons. The molecule has 0 saturated carbocycles. The smallest absolute Gasteiger partial charge is 0.191 e.